The largest absolute Gasteiger partial charge is 0.352 e. The minimum absolute atomic E-state index is 0.0972. The zero-order chi connectivity index (χ0) is 16.2. The number of hydrogen-bond donors (Lipinski definition) is 2. The quantitative estimate of drug-likeness (QED) is 0.751. The number of unbranched alkanes of at least 4 members (excludes halogenated alkanes) is 1. The van der Waals surface area contributed by atoms with Crippen LogP contribution in [0.4, 0.5) is 5.88 Å². The Morgan fingerprint density at radius 2 is 2.23 bits per heavy atom. The molecule has 0 aliphatic heterocycles. The van der Waals surface area contributed by atoms with Crippen LogP contribution in [0.1, 0.15) is 30.1 Å². The van der Waals surface area contributed by atoms with E-state index in [0.717, 1.165) is 19.1 Å². The Kier molecular flexibility index (Phi) is 5.19. The van der Waals surface area contributed by atoms with Crippen LogP contribution < -0.4 is 10.0 Å². The lowest BCUT2D eigenvalue weighted by Gasteiger charge is -2.06. The zero-order valence-corrected chi connectivity index (χ0v) is 13.9. The second kappa shape index (κ2) is 6.93. The lowest BCUT2D eigenvalue weighted by atomic mass is 10.1. The van der Waals surface area contributed by atoms with Crippen molar-refractivity contribution in [3.63, 3.8) is 0 Å². The predicted octanol–water partition coefficient (Wildman–Crippen LogP) is 2.30. The molecule has 2 heterocycles. The van der Waals surface area contributed by atoms with E-state index in [1.165, 1.54) is 11.3 Å². The van der Waals surface area contributed by atoms with Crippen molar-refractivity contribution in [1.82, 2.24) is 10.5 Å². The monoisotopic (exact) mass is 343 g/mol. The molecule has 2 rings (SSSR count). The summed E-state index contributed by atoms with van der Waals surface area (Å²) in [4.78, 5) is 12.4. The Morgan fingerprint density at radius 3 is 2.82 bits per heavy atom. The number of nitrogens with one attached hydrogen (secondary N) is 2. The minimum atomic E-state index is -3.57. The Labute approximate surface area is 132 Å². The van der Waals surface area contributed by atoms with Crippen molar-refractivity contribution in [2.75, 3.05) is 17.5 Å². The maximum atomic E-state index is 12.4. The van der Waals surface area contributed by atoms with Crippen molar-refractivity contribution >= 4 is 33.2 Å². The molecule has 2 aromatic heterocycles. The van der Waals surface area contributed by atoms with Gasteiger partial charge in [-0.25, -0.2) is 8.42 Å². The third-order valence-electron chi connectivity index (χ3n) is 2.81. The van der Waals surface area contributed by atoms with Crippen LogP contribution in [0.3, 0.4) is 0 Å². The topological polar surface area (TPSA) is 101 Å². The van der Waals surface area contributed by atoms with Gasteiger partial charge in [-0.2, -0.15) is 11.3 Å². The van der Waals surface area contributed by atoms with Gasteiger partial charge in [0, 0.05) is 17.5 Å². The number of carbonyl (C=O) groups excluding carboxylic acids is 1. The highest BCUT2D eigenvalue weighted by atomic mass is 32.2. The van der Waals surface area contributed by atoms with Crippen molar-refractivity contribution < 1.29 is 17.7 Å². The van der Waals surface area contributed by atoms with Gasteiger partial charge in [-0.3, -0.25) is 9.52 Å². The average molecular weight is 343 g/mol. The van der Waals surface area contributed by atoms with Gasteiger partial charge in [0.2, 0.25) is 10.0 Å². The first kappa shape index (κ1) is 16.5. The number of thiophene rings is 1. The van der Waals surface area contributed by atoms with Crippen LogP contribution in [-0.4, -0.2) is 32.3 Å². The molecule has 0 unspecified atom stereocenters. The Hall–Kier alpha value is -1.87. The summed E-state index contributed by atoms with van der Waals surface area (Å²) in [6.07, 6.45) is 2.76. The third-order valence-corrected chi connectivity index (χ3v) is 4.05. The van der Waals surface area contributed by atoms with E-state index < -0.39 is 15.9 Å². The fraction of sp³-hybridized carbons (Fsp3) is 0.385. The van der Waals surface area contributed by atoms with Gasteiger partial charge in [0.15, 0.2) is 0 Å². The molecule has 7 nitrogen and oxygen atoms in total. The van der Waals surface area contributed by atoms with Gasteiger partial charge in [0.25, 0.3) is 11.8 Å². The molecule has 0 aromatic carbocycles. The summed E-state index contributed by atoms with van der Waals surface area (Å²) in [5.74, 6) is -0.584. The molecular formula is C13H17N3O4S2. The van der Waals surface area contributed by atoms with Crippen molar-refractivity contribution in [2.45, 2.75) is 19.8 Å². The Bertz CT molecular complexity index is 735. The molecule has 0 aliphatic carbocycles. The maximum Gasteiger partial charge on any atom is 0.259 e. The van der Waals surface area contributed by atoms with Crippen molar-refractivity contribution in [3.8, 4) is 11.3 Å². The van der Waals surface area contributed by atoms with Crippen molar-refractivity contribution in [3.05, 3.63) is 22.4 Å². The molecule has 2 aromatic rings. The summed E-state index contributed by atoms with van der Waals surface area (Å²) in [6, 6.07) is 1.79. The summed E-state index contributed by atoms with van der Waals surface area (Å²) in [5.41, 5.74) is 1.12. The summed E-state index contributed by atoms with van der Waals surface area (Å²) in [6.45, 7) is 2.51. The van der Waals surface area contributed by atoms with E-state index in [1.54, 1.807) is 6.07 Å². The highest BCUT2D eigenvalue weighted by Crippen LogP contribution is 2.30. The number of anilines is 1. The fourth-order valence-electron chi connectivity index (χ4n) is 1.80. The minimum Gasteiger partial charge on any atom is -0.352 e. The molecule has 9 heteroatoms. The molecule has 2 N–H and O–H groups in total. The molecule has 0 saturated heterocycles. The van der Waals surface area contributed by atoms with Crippen LogP contribution in [0.2, 0.25) is 0 Å². The standard InChI is InChI=1S/C13H17N3O4S2/c1-3-4-6-14-12(17)10-11(9-5-7-21-8-9)15-20-13(10)16-22(2,18)19/h5,7-8,16H,3-4,6H2,1-2H3,(H,14,17). The highest BCUT2D eigenvalue weighted by molar-refractivity contribution is 7.92. The molecular weight excluding hydrogens is 326 g/mol. The molecule has 0 saturated carbocycles. The summed E-state index contributed by atoms with van der Waals surface area (Å²) < 4.78 is 30.0. The van der Waals surface area contributed by atoms with Gasteiger partial charge in [-0.1, -0.05) is 18.5 Å². The second-order valence-corrected chi connectivity index (χ2v) is 7.26. The lowest BCUT2D eigenvalue weighted by molar-refractivity contribution is 0.0954. The smallest absolute Gasteiger partial charge is 0.259 e. The highest BCUT2D eigenvalue weighted by Gasteiger charge is 2.25. The average Bonchev–Trinajstić information content (AvgIpc) is 3.05. The van der Waals surface area contributed by atoms with Crippen LogP contribution in [0.5, 0.6) is 0 Å². The molecule has 22 heavy (non-hydrogen) atoms. The number of carbonyl (C=O) groups is 1. The molecule has 120 valence electrons. The van der Waals surface area contributed by atoms with E-state index in [2.05, 4.69) is 15.2 Å². The molecule has 0 fully saturated rings. The maximum absolute atomic E-state index is 12.4. The van der Waals surface area contributed by atoms with Crippen LogP contribution >= 0.6 is 11.3 Å². The number of nitrogens with zero attached hydrogens (tertiary/aromatic N) is 1. The first-order valence-electron chi connectivity index (χ1n) is 6.70. The van der Waals surface area contributed by atoms with Gasteiger partial charge in [0.1, 0.15) is 11.3 Å². The third kappa shape index (κ3) is 4.08. The molecule has 0 spiro atoms. The summed E-state index contributed by atoms with van der Waals surface area (Å²) in [7, 11) is -3.57. The zero-order valence-electron chi connectivity index (χ0n) is 12.3. The van der Waals surface area contributed by atoms with Gasteiger partial charge in [0.05, 0.1) is 6.26 Å². The molecule has 0 aliphatic rings. The van der Waals surface area contributed by atoms with E-state index in [1.807, 2.05) is 17.7 Å². The van der Waals surface area contributed by atoms with Gasteiger partial charge in [-0.05, 0) is 17.9 Å². The van der Waals surface area contributed by atoms with Gasteiger partial charge >= 0.3 is 0 Å². The first-order chi connectivity index (χ1) is 10.4. The van der Waals surface area contributed by atoms with Crippen molar-refractivity contribution in [1.29, 1.82) is 0 Å². The lowest BCUT2D eigenvalue weighted by Crippen LogP contribution is -2.25. The van der Waals surface area contributed by atoms with Gasteiger partial charge in [-0.15, -0.1) is 0 Å². The van der Waals surface area contributed by atoms with Crippen LogP contribution in [0, 0.1) is 0 Å². The number of sulfonamides is 1. The summed E-state index contributed by atoms with van der Waals surface area (Å²) >= 11 is 1.45. The number of rotatable bonds is 7. The van der Waals surface area contributed by atoms with Crippen molar-refractivity contribution in [2.24, 2.45) is 0 Å². The Morgan fingerprint density at radius 1 is 1.45 bits per heavy atom. The van der Waals surface area contributed by atoms with Crippen LogP contribution in [0.15, 0.2) is 21.3 Å². The molecule has 0 bridgehead atoms. The van der Waals surface area contributed by atoms with E-state index in [0.29, 0.717) is 17.8 Å². The van der Waals surface area contributed by atoms with E-state index >= 15 is 0 Å². The molecule has 0 atom stereocenters. The summed E-state index contributed by atoms with van der Waals surface area (Å²) in [5, 5.41) is 10.2. The molecule has 0 radical (unpaired) electrons. The van der Waals surface area contributed by atoms with E-state index in [9.17, 15) is 13.2 Å². The van der Waals surface area contributed by atoms with E-state index in [4.69, 9.17) is 4.52 Å². The molecule has 1 amide bonds. The normalized spacial score (nSPS) is 11.4. The van der Waals surface area contributed by atoms with Gasteiger partial charge < -0.3 is 9.84 Å². The number of hydrogen-bond acceptors (Lipinski definition) is 6. The number of amides is 1. The number of aromatic nitrogens is 1. The fourth-order valence-corrected chi connectivity index (χ4v) is 2.92. The van der Waals surface area contributed by atoms with Crippen LogP contribution in [0.25, 0.3) is 11.3 Å². The van der Waals surface area contributed by atoms with E-state index in [-0.39, 0.29) is 11.4 Å². The first-order valence-corrected chi connectivity index (χ1v) is 9.54. The SMILES string of the molecule is CCCCNC(=O)c1c(-c2ccsc2)noc1NS(C)(=O)=O. The predicted molar refractivity (Wildman–Crippen MR) is 85.5 cm³/mol. The second-order valence-electron chi connectivity index (χ2n) is 4.73. The Balaban J connectivity index is 2.37. The van der Waals surface area contributed by atoms with Crippen LogP contribution in [-0.2, 0) is 10.0 Å².